The second kappa shape index (κ2) is 10.8. The zero-order valence-electron chi connectivity index (χ0n) is 20.8. The number of nitrogens with zero attached hydrogens (tertiary/aromatic N) is 4. The third-order valence-electron chi connectivity index (χ3n) is 6.39. The Bertz CT molecular complexity index is 1380. The van der Waals surface area contributed by atoms with Crippen LogP contribution in [-0.4, -0.2) is 12.1 Å². The lowest BCUT2D eigenvalue weighted by Gasteiger charge is -2.33. The predicted octanol–water partition coefficient (Wildman–Crippen LogP) is 7.81. The molecule has 0 aromatic heterocycles. The first kappa shape index (κ1) is 25.2. The fraction of sp³-hybridized carbons (Fsp3) is 0.300. The molecular weight excluding hydrogens is 464 g/mol. The van der Waals surface area contributed by atoms with Gasteiger partial charge in [0.15, 0.2) is 11.3 Å². The molecule has 0 saturated heterocycles. The van der Waals surface area contributed by atoms with Crippen molar-refractivity contribution in [3.05, 3.63) is 76.6 Å². The van der Waals surface area contributed by atoms with Gasteiger partial charge in [-0.2, -0.15) is 15.8 Å². The van der Waals surface area contributed by atoms with Gasteiger partial charge in [0.1, 0.15) is 29.4 Å². The number of anilines is 2. The van der Waals surface area contributed by atoms with Crippen LogP contribution < -0.4 is 4.90 Å². The Hall–Kier alpha value is -3.92. The maximum atomic E-state index is 9.78. The Morgan fingerprint density at radius 2 is 1.72 bits per heavy atom. The van der Waals surface area contributed by atoms with Crippen LogP contribution in [0.3, 0.4) is 0 Å². The zero-order chi connectivity index (χ0) is 25.7. The first-order valence-corrected chi connectivity index (χ1v) is 13.0. The lowest BCUT2D eigenvalue weighted by Crippen LogP contribution is -2.22. The monoisotopic (exact) mass is 492 g/mol. The molecule has 0 radical (unpaired) electrons. The average Bonchev–Trinajstić information content (AvgIpc) is 3.14. The molecule has 0 bridgehead atoms. The van der Waals surface area contributed by atoms with Crippen molar-refractivity contribution in [3.63, 3.8) is 0 Å². The van der Waals surface area contributed by atoms with Gasteiger partial charge < -0.3 is 9.64 Å². The number of rotatable bonds is 7. The lowest BCUT2D eigenvalue weighted by atomic mass is 9.94. The molecule has 5 nitrogen and oxygen atoms in total. The molecule has 0 saturated carbocycles. The van der Waals surface area contributed by atoms with Gasteiger partial charge in [0, 0.05) is 21.9 Å². The largest absolute Gasteiger partial charge is 0.480 e. The van der Waals surface area contributed by atoms with Gasteiger partial charge in [-0.25, -0.2) is 0 Å². The molecule has 0 fully saturated rings. The van der Waals surface area contributed by atoms with E-state index >= 15 is 0 Å². The van der Waals surface area contributed by atoms with Crippen molar-refractivity contribution in [2.45, 2.75) is 61.8 Å². The first-order valence-electron chi connectivity index (χ1n) is 12.2. The molecule has 0 amide bonds. The standard InChI is InChI=1S/C30H28N4OS/c1-4-5-6-9-16-34-25-10-7-8-11-27(25)36-28-17-21(13-15-26(28)34)12-14-24-23(20-33)29(22(18-31)19-32)35-30(24,2)3/h7-8,10-15,17H,4-6,9,16H2,1-3H3/b14-12+. The topological polar surface area (TPSA) is 83.8 Å². The van der Waals surface area contributed by atoms with E-state index in [9.17, 15) is 15.8 Å². The van der Waals surface area contributed by atoms with E-state index in [-0.39, 0.29) is 16.9 Å². The number of nitriles is 3. The van der Waals surface area contributed by atoms with E-state index in [1.54, 1.807) is 11.8 Å². The summed E-state index contributed by atoms with van der Waals surface area (Å²) in [5, 5.41) is 28.3. The van der Waals surface area contributed by atoms with Gasteiger partial charge in [0.05, 0.1) is 11.4 Å². The number of hydrogen-bond donors (Lipinski definition) is 0. The van der Waals surface area contributed by atoms with Crippen LogP contribution >= 0.6 is 11.8 Å². The van der Waals surface area contributed by atoms with E-state index in [1.165, 1.54) is 40.4 Å². The van der Waals surface area contributed by atoms with E-state index in [2.05, 4.69) is 60.4 Å². The van der Waals surface area contributed by atoms with Crippen molar-refractivity contribution in [1.82, 2.24) is 0 Å². The number of fused-ring (bicyclic) bond motifs is 2. The molecular formula is C30H28N4OS. The van der Waals surface area contributed by atoms with Crippen LogP contribution in [0.5, 0.6) is 0 Å². The summed E-state index contributed by atoms with van der Waals surface area (Å²) in [6, 6.07) is 20.8. The molecule has 2 aromatic carbocycles. The third kappa shape index (κ3) is 4.90. The van der Waals surface area contributed by atoms with Crippen molar-refractivity contribution >= 4 is 29.2 Å². The second-order valence-electron chi connectivity index (χ2n) is 9.28. The normalized spacial score (nSPS) is 15.6. The fourth-order valence-corrected chi connectivity index (χ4v) is 5.70. The van der Waals surface area contributed by atoms with Gasteiger partial charge in [0.2, 0.25) is 0 Å². The van der Waals surface area contributed by atoms with Crippen LogP contribution in [0, 0.1) is 34.0 Å². The van der Waals surface area contributed by atoms with Crippen molar-refractivity contribution in [1.29, 1.82) is 15.8 Å². The van der Waals surface area contributed by atoms with Crippen LogP contribution in [0.25, 0.3) is 6.08 Å². The first-order chi connectivity index (χ1) is 17.4. The Balaban J connectivity index is 1.68. The molecule has 2 heterocycles. The molecule has 0 unspecified atom stereocenters. The average molecular weight is 493 g/mol. The Morgan fingerprint density at radius 3 is 2.44 bits per heavy atom. The van der Waals surface area contributed by atoms with Gasteiger partial charge >= 0.3 is 0 Å². The Morgan fingerprint density at radius 1 is 0.972 bits per heavy atom. The molecule has 0 spiro atoms. The van der Waals surface area contributed by atoms with Gasteiger partial charge in [-0.05, 0) is 50.1 Å². The summed E-state index contributed by atoms with van der Waals surface area (Å²) in [5.41, 5.74) is 3.34. The van der Waals surface area contributed by atoms with E-state index in [4.69, 9.17) is 4.74 Å². The van der Waals surface area contributed by atoms with E-state index in [0.717, 1.165) is 18.5 Å². The summed E-state index contributed by atoms with van der Waals surface area (Å²) in [4.78, 5) is 4.87. The minimum absolute atomic E-state index is 0.0588. The number of allylic oxidation sites excluding steroid dienone is 2. The van der Waals surface area contributed by atoms with E-state index in [0.29, 0.717) is 5.57 Å². The second-order valence-corrected chi connectivity index (χ2v) is 10.4. The zero-order valence-corrected chi connectivity index (χ0v) is 21.7. The summed E-state index contributed by atoms with van der Waals surface area (Å²) in [6.45, 7) is 6.88. The highest BCUT2D eigenvalue weighted by molar-refractivity contribution is 7.99. The van der Waals surface area contributed by atoms with E-state index < -0.39 is 5.60 Å². The molecule has 2 aliphatic rings. The van der Waals surface area contributed by atoms with Crippen LogP contribution in [0.1, 0.15) is 52.0 Å². The third-order valence-corrected chi connectivity index (χ3v) is 7.51. The fourth-order valence-electron chi connectivity index (χ4n) is 4.55. The van der Waals surface area contributed by atoms with Crippen LogP contribution in [0.2, 0.25) is 0 Å². The highest BCUT2D eigenvalue weighted by Gasteiger charge is 2.38. The maximum absolute atomic E-state index is 9.78. The smallest absolute Gasteiger partial charge is 0.172 e. The minimum Gasteiger partial charge on any atom is -0.480 e. The molecule has 36 heavy (non-hydrogen) atoms. The number of unbranched alkanes of at least 4 members (excludes halogenated alkanes) is 3. The lowest BCUT2D eigenvalue weighted by molar-refractivity contribution is 0.0954. The predicted molar refractivity (Wildman–Crippen MR) is 143 cm³/mol. The van der Waals surface area contributed by atoms with Gasteiger partial charge in [-0.15, -0.1) is 0 Å². The molecule has 6 heteroatoms. The summed E-state index contributed by atoms with van der Waals surface area (Å²) in [6.07, 6.45) is 8.67. The quantitative estimate of drug-likeness (QED) is 0.289. The summed E-state index contributed by atoms with van der Waals surface area (Å²) in [5.74, 6) is 0.0588. The highest BCUT2D eigenvalue weighted by Crippen LogP contribution is 2.48. The van der Waals surface area contributed by atoms with Gasteiger partial charge in [-0.1, -0.05) is 68.3 Å². The minimum atomic E-state index is -0.826. The number of benzene rings is 2. The van der Waals surface area contributed by atoms with Crippen molar-refractivity contribution in [2.75, 3.05) is 11.4 Å². The molecule has 180 valence electrons. The molecule has 2 aromatic rings. The van der Waals surface area contributed by atoms with Crippen molar-refractivity contribution in [3.8, 4) is 18.2 Å². The summed E-state index contributed by atoms with van der Waals surface area (Å²) < 4.78 is 5.87. The van der Waals surface area contributed by atoms with Gasteiger partial charge in [-0.3, -0.25) is 0 Å². The highest BCUT2D eigenvalue weighted by atomic mass is 32.2. The van der Waals surface area contributed by atoms with E-state index in [1.807, 2.05) is 38.1 Å². The van der Waals surface area contributed by atoms with Crippen molar-refractivity contribution < 1.29 is 4.74 Å². The molecule has 2 aliphatic heterocycles. The Kier molecular flexibility index (Phi) is 7.54. The van der Waals surface area contributed by atoms with Crippen LogP contribution in [-0.2, 0) is 4.74 Å². The molecule has 0 aliphatic carbocycles. The Labute approximate surface area is 217 Å². The number of ether oxygens (including phenoxy) is 1. The number of para-hydroxylation sites is 1. The molecule has 0 atom stereocenters. The summed E-state index contributed by atoms with van der Waals surface area (Å²) in [7, 11) is 0. The molecule has 0 N–H and O–H groups in total. The van der Waals surface area contributed by atoms with Crippen LogP contribution in [0.15, 0.2) is 80.8 Å². The van der Waals surface area contributed by atoms with Crippen molar-refractivity contribution in [2.24, 2.45) is 0 Å². The molecule has 4 rings (SSSR count). The number of hydrogen-bond acceptors (Lipinski definition) is 6. The maximum Gasteiger partial charge on any atom is 0.172 e. The SMILES string of the molecule is CCCCCCN1c2ccccc2Sc2cc(/C=C/C3=C(C#N)C(=C(C#N)C#N)OC3(C)C)ccc21. The van der Waals surface area contributed by atoms with Gasteiger partial charge in [0.25, 0.3) is 0 Å². The van der Waals surface area contributed by atoms with Crippen LogP contribution in [0.4, 0.5) is 11.4 Å². The summed E-state index contributed by atoms with van der Waals surface area (Å²) >= 11 is 1.77.